The standard InChI is InChI=1S/C55H105NO4/c1-3-5-7-9-11-13-15-17-19-21-23-25-26-27-29-31-33-35-37-39-41-43-45-47-49-54(59)53(51-57)56-55(60)50-52(58)48-46-44-42-40-38-36-34-32-30-28-24-22-20-18-16-14-12-10-8-6-4-2/h24,28,32,34,47,49,52-54,57-59H,3-23,25-27,29-31,33,35-46,48,50-51H2,1-2H3,(H,56,60)/b28-24-,34-32-,49-47+. The van der Waals surface area contributed by atoms with Crippen molar-refractivity contribution >= 4 is 5.91 Å². The second-order valence-corrected chi connectivity index (χ2v) is 18.5. The van der Waals surface area contributed by atoms with Crippen LogP contribution in [0.3, 0.4) is 0 Å². The van der Waals surface area contributed by atoms with E-state index in [4.69, 9.17) is 0 Å². The first-order valence-electron chi connectivity index (χ1n) is 26.8. The summed E-state index contributed by atoms with van der Waals surface area (Å²) in [6, 6.07) is -0.750. The molecule has 0 aromatic rings. The summed E-state index contributed by atoms with van der Waals surface area (Å²) in [5.41, 5.74) is 0. The third-order valence-electron chi connectivity index (χ3n) is 12.4. The number of aliphatic hydroxyl groups excluding tert-OH is 3. The molecule has 0 fully saturated rings. The molecule has 0 aliphatic carbocycles. The summed E-state index contributed by atoms with van der Waals surface area (Å²) in [6.45, 7) is 4.24. The van der Waals surface area contributed by atoms with E-state index in [1.165, 1.54) is 212 Å². The molecule has 1 amide bonds. The van der Waals surface area contributed by atoms with Crippen molar-refractivity contribution in [1.82, 2.24) is 5.32 Å². The summed E-state index contributed by atoms with van der Waals surface area (Å²) in [7, 11) is 0. The van der Waals surface area contributed by atoms with E-state index in [2.05, 4.69) is 43.5 Å². The van der Waals surface area contributed by atoms with Gasteiger partial charge < -0.3 is 20.6 Å². The molecule has 0 radical (unpaired) electrons. The van der Waals surface area contributed by atoms with E-state index >= 15 is 0 Å². The molecule has 4 N–H and O–H groups in total. The number of hydrogen-bond acceptors (Lipinski definition) is 4. The highest BCUT2D eigenvalue weighted by Gasteiger charge is 2.20. The van der Waals surface area contributed by atoms with Crippen LogP contribution in [0.2, 0.25) is 0 Å². The highest BCUT2D eigenvalue weighted by atomic mass is 16.3. The van der Waals surface area contributed by atoms with Crippen LogP contribution in [0.1, 0.15) is 284 Å². The number of unbranched alkanes of at least 4 members (excludes halogenated alkanes) is 36. The topological polar surface area (TPSA) is 89.8 Å². The van der Waals surface area contributed by atoms with E-state index in [0.29, 0.717) is 6.42 Å². The Kier molecular flexibility index (Phi) is 49.0. The Balaban J connectivity index is 3.62. The van der Waals surface area contributed by atoms with Gasteiger partial charge in [-0.05, 0) is 51.4 Å². The van der Waals surface area contributed by atoms with Crippen LogP contribution in [0.15, 0.2) is 36.5 Å². The zero-order valence-corrected chi connectivity index (χ0v) is 40.4. The number of aliphatic hydroxyl groups is 3. The molecular weight excluding hydrogens is 739 g/mol. The lowest BCUT2D eigenvalue weighted by Crippen LogP contribution is -2.45. The van der Waals surface area contributed by atoms with Gasteiger partial charge in [-0.25, -0.2) is 0 Å². The number of carbonyl (C=O) groups is 1. The average Bonchev–Trinajstić information content (AvgIpc) is 3.24. The summed E-state index contributed by atoms with van der Waals surface area (Å²) >= 11 is 0. The van der Waals surface area contributed by atoms with Gasteiger partial charge in [0, 0.05) is 0 Å². The predicted octanol–water partition coefficient (Wildman–Crippen LogP) is 16.3. The number of carbonyl (C=O) groups excluding carboxylic acids is 1. The van der Waals surface area contributed by atoms with Gasteiger partial charge in [0.05, 0.1) is 31.3 Å². The summed E-state index contributed by atoms with van der Waals surface area (Å²) < 4.78 is 0. The zero-order chi connectivity index (χ0) is 43.7. The Morgan fingerprint density at radius 1 is 0.433 bits per heavy atom. The van der Waals surface area contributed by atoms with Crippen LogP contribution in [0.5, 0.6) is 0 Å². The van der Waals surface area contributed by atoms with Crippen molar-refractivity contribution < 1.29 is 20.1 Å². The molecule has 0 rings (SSSR count). The molecule has 0 aliphatic rings. The van der Waals surface area contributed by atoms with Crippen molar-refractivity contribution in [3.63, 3.8) is 0 Å². The third-order valence-corrected chi connectivity index (χ3v) is 12.4. The highest BCUT2D eigenvalue weighted by molar-refractivity contribution is 5.76. The Labute approximate surface area is 374 Å². The molecule has 3 atom stereocenters. The fourth-order valence-corrected chi connectivity index (χ4v) is 8.31. The van der Waals surface area contributed by atoms with Crippen LogP contribution in [0.25, 0.3) is 0 Å². The molecular formula is C55H105NO4. The summed E-state index contributed by atoms with van der Waals surface area (Å²) in [5.74, 6) is -0.321. The van der Waals surface area contributed by atoms with Crippen LogP contribution in [0.4, 0.5) is 0 Å². The number of amides is 1. The Morgan fingerprint density at radius 3 is 1.10 bits per heavy atom. The van der Waals surface area contributed by atoms with Crippen molar-refractivity contribution in [2.45, 2.75) is 302 Å². The minimum atomic E-state index is -0.934. The third kappa shape index (κ3) is 46.1. The molecule has 60 heavy (non-hydrogen) atoms. The zero-order valence-electron chi connectivity index (χ0n) is 40.4. The van der Waals surface area contributed by atoms with Crippen LogP contribution in [-0.4, -0.2) is 46.1 Å². The first-order chi connectivity index (χ1) is 29.5. The summed E-state index contributed by atoms with van der Waals surface area (Å²) in [6.07, 6.45) is 64.6. The summed E-state index contributed by atoms with van der Waals surface area (Å²) in [4.78, 5) is 12.5. The van der Waals surface area contributed by atoms with Crippen LogP contribution < -0.4 is 5.32 Å². The van der Waals surface area contributed by atoms with Crippen LogP contribution in [-0.2, 0) is 4.79 Å². The molecule has 0 aromatic carbocycles. The fraction of sp³-hybridized carbons (Fsp3) is 0.873. The van der Waals surface area contributed by atoms with Gasteiger partial charge in [-0.3, -0.25) is 4.79 Å². The van der Waals surface area contributed by atoms with Gasteiger partial charge in [0.2, 0.25) is 5.91 Å². The first kappa shape index (κ1) is 58.6. The minimum absolute atomic E-state index is 0.00481. The summed E-state index contributed by atoms with van der Waals surface area (Å²) in [5, 5.41) is 33.4. The quantitative estimate of drug-likeness (QED) is 0.0363. The lowest BCUT2D eigenvalue weighted by atomic mass is 10.0. The van der Waals surface area contributed by atoms with E-state index in [1.807, 2.05) is 6.08 Å². The average molecular weight is 844 g/mol. The van der Waals surface area contributed by atoms with E-state index in [-0.39, 0.29) is 18.9 Å². The molecule has 5 heteroatoms. The van der Waals surface area contributed by atoms with Gasteiger partial charge in [0.15, 0.2) is 0 Å². The maximum absolute atomic E-state index is 12.5. The minimum Gasteiger partial charge on any atom is -0.394 e. The lowest BCUT2D eigenvalue weighted by Gasteiger charge is -2.21. The lowest BCUT2D eigenvalue weighted by molar-refractivity contribution is -0.124. The maximum atomic E-state index is 12.5. The van der Waals surface area contributed by atoms with Crippen LogP contribution in [0, 0.1) is 0 Å². The Bertz CT molecular complexity index is 931. The molecule has 354 valence electrons. The molecule has 0 spiro atoms. The van der Waals surface area contributed by atoms with Gasteiger partial charge >= 0.3 is 0 Å². The van der Waals surface area contributed by atoms with Gasteiger partial charge in [-0.1, -0.05) is 262 Å². The van der Waals surface area contributed by atoms with Gasteiger partial charge in [-0.2, -0.15) is 0 Å². The molecule has 0 saturated carbocycles. The smallest absolute Gasteiger partial charge is 0.222 e. The molecule has 0 aromatic heterocycles. The van der Waals surface area contributed by atoms with Crippen molar-refractivity contribution in [1.29, 1.82) is 0 Å². The first-order valence-corrected chi connectivity index (χ1v) is 26.8. The van der Waals surface area contributed by atoms with E-state index in [1.54, 1.807) is 6.08 Å². The molecule has 0 heterocycles. The molecule has 3 unspecified atom stereocenters. The maximum Gasteiger partial charge on any atom is 0.222 e. The van der Waals surface area contributed by atoms with Crippen molar-refractivity contribution in [3.8, 4) is 0 Å². The number of rotatable bonds is 49. The van der Waals surface area contributed by atoms with Crippen molar-refractivity contribution in [2.75, 3.05) is 6.61 Å². The van der Waals surface area contributed by atoms with E-state index < -0.39 is 18.2 Å². The largest absolute Gasteiger partial charge is 0.394 e. The number of allylic oxidation sites excluding steroid dienone is 5. The van der Waals surface area contributed by atoms with E-state index in [0.717, 1.165) is 44.9 Å². The van der Waals surface area contributed by atoms with Gasteiger partial charge in [0.1, 0.15) is 0 Å². The SMILES string of the molecule is CCCCCCCCCCC/C=C\C/C=C\CCCCCCCC(O)CC(=O)NC(CO)C(O)/C=C/CCCCCCCCCCCCCCCCCCCCCCCC. The van der Waals surface area contributed by atoms with Gasteiger partial charge in [0.25, 0.3) is 0 Å². The number of nitrogens with one attached hydrogen (secondary N) is 1. The molecule has 0 bridgehead atoms. The Morgan fingerprint density at radius 2 is 0.750 bits per heavy atom. The van der Waals surface area contributed by atoms with Crippen molar-refractivity contribution in [2.24, 2.45) is 0 Å². The Hall–Kier alpha value is -1.43. The highest BCUT2D eigenvalue weighted by Crippen LogP contribution is 2.17. The normalized spacial score (nSPS) is 13.6. The van der Waals surface area contributed by atoms with Gasteiger partial charge in [-0.15, -0.1) is 0 Å². The van der Waals surface area contributed by atoms with Crippen molar-refractivity contribution in [3.05, 3.63) is 36.5 Å². The monoisotopic (exact) mass is 844 g/mol. The van der Waals surface area contributed by atoms with E-state index in [9.17, 15) is 20.1 Å². The fourth-order valence-electron chi connectivity index (χ4n) is 8.31. The number of hydrogen-bond donors (Lipinski definition) is 4. The second-order valence-electron chi connectivity index (χ2n) is 18.5. The van der Waals surface area contributed by atoms with Crippen LogP contribution >= 0.6 is 0 Å². The molecule has 0 saturated heterocycles. The molecule has 0 aliphatic heterocycles. The second kappa shape index (κ2) is 50.2. The molecule has 5 nitrogen and oxygen atoms in total. The predicted molar refractivity (Wildman–Crippen MR) is 264 cm³/mol.